The van der Waals surface area contributed by atoms with Crippen molar-refractivity contribution < 1.29 is 28.9 Å². The molecule has 1 amide bonds. The lowest BCUT2D eigenvalue weighted by atomic mass is 10.1. The van der Waals surface area contributed by atoms with Crippen LogP contribution in [0, 0.1) is 0 Å². The van der Waals surface area contributed by atoms with Crippen LogP contribution in [0.2, 0.25) is 0 Å². The lowest BCUT2D eigenvalue weighted by Gasteiger charge is -2.23. The molecule has 1 aromatic heterocycles. The number of carboxylic acid groups (broad SMARTS) is 1. The van der Waals surface area contributed by atoms with Crippen LogP contribution in [0.15, 0.2) is 158 Å². The molecule has 0 unspecified atom stereocenters. The Labute approximate surface area is 295 Å². The van der Waals surface area contributed by atoms with Gasteiger partial charge in [0.15, 0.2) is 11.5 Å². The third-order valence-electron chi connectivity index (χ3n) is 8.51. The Morgan fingerprint density at radius 2 is 1.20 bits per heavy atom. The molecule has 0 fully saturated rings. The minimum absolute atomic E-state index is 0.00961. The Hall–Kier alpha value is -6.80. The molecular formula is C43H34N2O6. The van der Waals surface area contributed by atoms with Gasteiger partial charge in [-0.1, -0.05) is 97.1 Å². The highest BCUT2D eigenvalue weighted by atomic mass is 16.5. The number of carbonyl (C=O) groups excluding carboxylic acids is 1. The number of aromatic nitrogens is 1. The van der Waals surface area contributed by atoms with Crippen LogP contribution in [0.1, 0.15) is 31.8 Å². The minimum Gasteiger partial charge on any atom is -0.493 e. The van der Waals surface area contributed by atoms with E-state index in [4.69, 9.17) is 14.2 Å². The van der Waals surface area contributed by atoms with Crippen LogP contribution in [0.3, 0.4) is 0 Å². The molecule has 7 rings (SSSR count). The van der Waals surface area contributed by atoms with Crippen LogP contribution in [0.4, 0.5) is 11.4 Å². The van der Waals surface area contributed by atoms with Gasteiger partial charge in [-0.25, -0.2) is 4.79 Å². The first-order chi connectivity index (χ1) is 25.0. The number of ether oxygens (including phenoxy) is 3. The molecule has 51 heavy (non-hydrogen) atoms. The van der Waals surface area contributed by atoms with Crippen molar-refractivity contribution in [3.63, 3.8) is 0 Å². The van der Waals surface area contributed by atoms with Crippen molar-refractivity contribution in [2.24, 2.45) is 0 Å². The van der Waals surface area contributed by atoms with Crippen LogP contribution in [-0.2, 0) is 13.2 Å². The number of hydrogen-bond acceptors (Lipinski definition) is 5. The number of methoxy groups -OCH3 is 1. The molecule has 8 nitrogen and oxygen atoms in total. The number of hydrogen-bond donors (Lipinski definition) is 1. The third-order valence-corrected chi connectivity index (χ3v) is 8.51. The lowest BCUT2D eigenvalue weighted by molar-refractivity contribution is 0.0696. The first-order valence-corrected chi connectivity index (χ1v) is 16.4. The van der Waals surface area contributed by atoms with Gasteiger partial charge in [0.2, 0.25) is 0 Å². The fourth-order valence-electron chi connectivity index (χ4n) is 5.99. The number of nitrogens with zero attached hydrogens (tertiary/aromatic N) is 2. The van der Waals surface area contributed by atoms with Gasteiger partial charge in [-0.2, -0.15) is 0 Å². The van der Waals surface area contributed by atoms with Gasteiger partial charge in [0, 0.05) is 35.1 Å². The highest BCUT2D eigenvalue weighted by molar-refractivity contribution is 6.17. The van der Waals surface area contributed by atoms with Crippen molar-refractivity contribution in [2.45, 2.75) is 13.2 Å². The predicted molar refractivity (Wildman–Crippen MR) is 198 cm³/mol. The molecule has 0 spiro atoms. The molecular weight excluding hydrogens is 640 g/mol. The number of benzene rings is 6. The summed E-state index contributed by atoms with van der Waals surface area (Å²) in [6.07, 6.45) is 1.69. The first kappa shape index (κ1) is 32.7. The highest BCUT2D eigenvalue weighted by Gasteiger charge is 2.26. The van der Waals surface area contributed by atoms with E-state index in [1.807, 2.05) is 140 Å². The van der Waals surface area contributed by atoms with Gasteiger partial charge in [-0.15, -0.1) is 0 Å². The largest absolute Gasteiger partial charge is 0.493 e. The smallest absolute Gasteiger partial charge is 0.337 e. The number of rotatable bonds is 12. The average Bonchev–Trinajstić information content (AvgIpc) is 3.57. The Balaban J connectivity index is 1.27. The molecule has 6 aromatic carbocycles. The number of carboxylic acids is 1. The summed E-state index contributed by atoms with van der Waals surface area (Å²) in [6, 6.07) is 46.8. The van der Waals surface area contributed by atoms with E-state index in [1.54, 1.807) is 21.7 Å². The van der Waals surface area contributed by atoms with Crippen molar-refractivity contribution in [1.82, 2.24) is 4.57 Å². The lowest BCUT2D eigenvalue weighted by Crippen LogP contribution is -2.25. The highest BCUT2D eigenvalue weighted by Crippen LogP contribution is 2.37. The summed E-state index contributed by atoms with van der Waals surface area (Å²) in [5.41, 5.74) is 4.65. The Morgan fingerprint density at radius 1 is 0.627 bits per heavy atom. The van der Waals surface area contributed by atoms with Gasteiger partial charge < -0.3 is 23.9 Å². The van der Waals surface area contributed by atoms with E-state index in [0.29, 0.717) is 57.4 Å². The Bertz CT molecular complexity index is 2290. The molecule has 0 bridgehead atoms. The molecule has 0 radical (unpaired) electrons. The second-order valence-electron chi connectivity index (χ2n) is 11.8. The molecule has 0 saturated carbocycles. The zero-order valence-electron chi connectivity index (χ0n) is 27.8. The zero-order valence-corrected chi connectivity index (χ0v) is 27.8. The fraction of sp³-hybridized carbons (Fsp3) is 0.0698. The maximum Gasteiger partial charge on any atom is 0.337 e. The number of aromatic carboxylic acids is 1. The van der Waals surface area contributed by atoms with Crippen LogP contribution in [0.5, 0.6) is 17.2 Å². The van der Waals surface area contributed by atoms with Crippen molar-refractivity contribution >= 4 is 34.2 Å². The normalized spacial score (nSPS) is 10.8. The summed E-state index contributed by atoms with van der Waals surface area (Å²) >= 11 is 0. The Kier molecular flexibility index (Phi) is 9.47. The number of carbonyl (C=O) groups is 2. The fourth-order valence-corrected chi connectivity index (χ4v) is 5.99. The maximum absolute atomic E-state index is 14.7. The number of amides is 1. The van der Waals surface area contributed by atoms with Crippen molar-refractivity contribution in [3.8, 4) is 22.9 Å². The molecule has 0 saturated heterocycles. The van der Waals surface area contributed by atoms with E-state index >= 15 is 0 Å². The molecule has 0 aliphatic carbocycles. The number of para-hydroxylation sites is 2. The summed E-state index contributed by atoms with van der Waals surface area (Å²) in [4.78, 5) is 29.1. The van der Waals surface area contributed by atoms with Gasteiger partial charge in [0.25, 0.3) is 5.91 Å². The average molecular weight is 675 g/mol. The van der Waals surface area contributed by atoms with E-state index < -0.39 is 5.97 Å². The molecule has 7 aromatic rings. The second kappa shape index (κ2) is 14.8. The summed E-state index contributed by atoms with van der Waals surface area (Å²) in [6.45, 7) is 0.653. The van der Waals surface area contributed by atoms with E-state index in [2.05, 4.69) is 0 Å². The quantitative estimate of drug-likeness (QED) is 0.139. The van der Waals surface area contributed by atoms with Crippen LogP contribution in [-0.4, -0.2) is 28.7 Å². The van der Waals surface area contributed by atoms with Gasteiger partial charge >= 0.3 is 5.97 Å². The van der Waals surface area contributed by atoms with E-state index in [0.717, 1.165) is 11.1 Å². The summed E-state index contributed by atoms with van der Waals surface area (Å²) in [5, 5.41) is 11.1. The topological polar surface area (TPSA) is 90.2 Å². The molecule has 0 aliphatic rings. The zero-order chi connectivity index (χ0) is 35.2. The molecule has 0 atom stereocenters. The molecule has 1 heterocycles. The van der Waals surface area contributed by atoms with Gasteiger partial charge in [-0.3, -0.25) is 9.69 Å². The van der Waals surface area contributed by atoms with Crippen LogP contribution >= 0.6 is 0 Å². The first-order valence-electron chi connectivity index (χ1n) is 16.4. The maximum atomic E-state index is 14.7. The van der Waals surface area contributed by atoms with Crippen LogP contribution < -0.4 is 19.1 Å². The molecule has 252 valence electrons. The Morgan fingerprint density at radius 3 is 1.82 bits per heavy atom. The molecule has 1 N–H and O–H groups in total. The molecule has 0 aliphatic heterocycles. The summed E-state index contributed by atoms with van der Waals surface area (Å²) in [7, 11) is 1.51. The number of anilines is 2. The van der Waals surface area contributed by atoms with Gasteiger partial charge in [0.05, 0.1) is 29.4 Å². The second-order valence-corrected chi connectivity index (χ2v) is 11.8. The van der Waals surface area contributed by atoms with Gasteiger partial charge in [-0.05, 0) is 53.6 Å². The van der Waals surface area contributed by atoms with Crippen molar-refractivity contribution in [1.29, 1.82) is 0 Å². The van der Waals surface area contributed by atoms with E-state index in [1.165, 1.54) is 13.2 Å². The third kappa shape index (κ3) is 7.02. The van der Waals surface area contributed by atoms with Crippen molar-refractivity contribution in [3.05, 3.63) is 180 Å². The summed E-state index contributed by atoms with van der Waals surface area (Å²) in [5.74, 6) is -0.117. The SMILES string of the molecule is COc1cc(-n2cc(C(=O)N(c3ccccc3)c3ccc(OCc4ccccc4)cc3)c3ccccc32)c(C(=O)O)cc1OCc1ccccc1. The van der Waals surface area contributed by atoms with Gasteiger partial charge in [0.1, 0.15) is 19.0 Å². The predicted octanol–water partition coefficient (Wildman–Crippen LogP) is 9.47. The van der Waals surface area contributed by atoms with E-state index in [9.17, 15) is 14.7 Å². The van der Waals surface area contributed by atoms with E-state index in [-0.39, 0.29) is 18.1 Å². The molecule has 8 heteroatoms. The van der Waals surface area contributed by atoms with Crippen molar-refractivity contribution in [2.75, 3.05) is 12.0 Å². The number of fused-ring (bicyclic) bond motifs is 1. The summed E-state index contributed by atoms with van der Waals surface area (Å²) < 4.78 is 19.5. The van der Waals surface area contributed by atoms with Crippen LogP contribution in [0.25, 0.3) is 16.6 Å². The monoisotopic (exact) mass is 674 g/mol. The minimum atomic E-state index is -1.15. The standard InChI is InChI=1S/C43H34N2O6/c1-49-40-26-39(36(43(47)48)25-41(40)51-29-31-15-7-3-8-16-31)44-27-37(35-19-11-12-20-38(35)44)42(46)45(32-17-9-4-10-18-32)33-21-23-34(24-22-33)50-28-30-13-5-2-6-14-30/h2-27H,28-29H2,1H3,(H,47,48).